The largest absolute Gasteiger partial charge is 0.369 e. The summed E-state index contributed by atoms with van der Waals surface area (Å²) in [6, 6.07) is 7.50. The zero-order valence-electron chi connectivity index (χ0n) is 15.4. The maximum atomic E-state index is 12.3. The van der Waals surface area contributed by atoms with Crippen LogP contribution in [0.1, 0.15) is 35.2 Å². The molecule has 2 aromatic rings. The lowest BCUT2D eigenvalue weighted by molar-refractivity contribution is -0.123. The molecule has 8 heteroatoms. The molecule has 27 heavy (non-hydrogen) atoms. The van der Waals surface area contributed by atoms with Gasteiger partial charge in [-0.2, -0.15) is 5.10 Å². The maximum Gasteiger partial charge on any atom is 0.251 e. The first-order valence-corrected chi connectivity index (χ1v) is 9.33. The Morgan fingerprint density at radius 1 is 1.26 bits per heavy atom. The van der Waals surface area contributed by atoms with Crippen LogP contribution >= 0.6 is 0 Å². The molecule has 1 aliphatic rings. The van der Waals surface area contributed by atoms with Crippen molar-refractivity contribution in [1.29, 1.82) is 0 Å². The van der Waals surface area contributed by atoms with Gasteiger partial charge in [-0.25, -0.2) is 9.67 Å². The standard InChI is InChI=1S/C19H26N6O2/c20-18(26)17-3-1-9-24(12-17)10-2-8-22-19(27)16-6-4-15(5-7-16)11-25-14-21-13-23-25/h4-7,13-14,17H,1-3,8-12H2,(H2,20,26)(H,22,27). The molecular formula is C19H26N6O2. The Kier molecular flexibility index (Phi) is 6.54. The second kappa shape index (κ2) is 9.27. The molecule has 0 saturated carbocycles. The number of nitrogens with zero attached hydrogens (tertiary/aromatic N) is 4. The number of amides is 2. The third-order valence-corrected chi connectivity index (χ3v) is 4.87. The van der Waals surface area contributed by atoms with Crippen molar-refractivity contribution in [2.45, 2.75) is 25.8 Å². The zero-order chi connectivity index (χ0) is 19.1. The van der Waals surface area contributed by atoms with Crippen molar-refractivity contribution in [3.63, 3.8) is 0 Å². The fourth-order valence-electron chi connectivity index (χ4n) is 3.36. The molecule has 1 unspecified atom stereocenters. The van der Waals surface area contributed by atoms with E-state index in [9.17, 15) is 9.59 Å². The SMILES string of the molecule is NC(=O)C1CCCN(CCCNC(=O)c2ccc(Cn3cncn3)cc2)C1. The summed E-state index contributed by atoms with van der Waals surface area (Å²) in [6.07, 6.45) is 5.90. The summed E-state index contributed by atoms with van der Waals surface area (Å²) in [6.45, 7) is 3.82. The van der Waals surface area contributed by atoms with Gasteiger partial charge >= 0.3 is 0 Å². The number of benzene rings is 1. The zero-order valence-corrected chi connectivity index (χ0v) is 15.4. The molecule has 0 aliphatic carbocycles. The van der Waals surface area contributed by atoms with Crippen molar-refractivity contribution in [2.24, 2.45) is 11.7 Å². The van der Waals surface area contributed by atoms with Gasteiger partial charge in [-0.15, -0.1) is 0 Å². The highest BCUT2D eigenvalue weighted by Crippen LogP contribution is 2.15. The van der Waals surface area contributed by atoms with Gasteiger partial charge in [0.15, 0.2) is 0 Å². The van der Waals surface area contributed by atoms with Crippen molar-refractivity contribution < 1.29 is 9.59 Å². The van der Waals surface area contributed by atoms with Gasteiger partial charge in [0, 0.05) is 18.7 Å². The summed E-state index contributed by atoms with van der Waals surface area (Å²) < 4.78 is 1.73. The number of primary amides is 1. The van der Waals surface area contributed by atoms with Crippen LogP contribution < -0.4 is 11.1 Å². The molecule has 0 spiro atoms. The molecule has 8 nitrogen and oxygen atoms in total. The topological polar surface area (TPSA) is 106 Å². The van der Waals surface area contributed by atoms with Crippen molar-refractivity contribution in [1.82, 2.24) is 25.0 Å². The molecule has 144 valence electrons. The first kappa shape index (κ1) is 19.0. The van der Waals surface area contributed by atoms with Crippen molar-refractivity contribution in [3.05, 3.63) is 48.0 Å². The van der Waals surface area contributed by atoms with Crippen molar-refractivity contribution in [2.75, 3.05) is 26.2 Å². The molecule has 1 atom stereocenters. The molecule has 3 rings (SSSR count). The minimum absolute atomic E-state index is 0.0376. The third-order valence-electron chi connectivity index (χ3n) is 4.87. The lowest BCUT2D eigenvalue weighted by Gasteiger charge is -2.31. The molecule has 3 N–H and O–H groups in total. The number of hydrogen-bond donors (Lipinski definition) is 2. The fraction of sp³-hybridized carbons (Fsp3) is 0.474. The second-order valence-electron chi connectivity index (χ2n) is 6.94. The monoisotopic (exact) mass is 370 g/mol. The highest BCUT2D eigenvalue weighted by Gasteiger charge is 2.23. The molecular weight excluding hydrogens is 344 g/mol. The molecule has 0 bridgehead atoms. The number of nitrogens with two attached hydrogens (primary N) is 1. The fourth-order valence-corrected chi connectivity index (χ4v) is 3.36. The normalized spacial score (nSPS) is 17.6. The van der Waals surface area contributed by atoms with Gasteiger partial charge in [0.2, 0.25) is 5.91 Å². The number of likely N-dealkylation sites (tertiary alicyclic amines) is 1. The lowest BCUT2D eigenvalue weighted by atomic mass is 9.97. The minimum atomic E-state index is -0.208. The summed E-state index contributed by atoms with van der Waals surface area (Å²) in [5.74, 6) is -0.319. The van der Waals surface area contributed by atoms with Crippen LogP contribution in [0, 0.1) is 5.92 Å². The summed E-state index contributed by atoms with van der Waals surface area (Å²) in [5, 5.41) is 7.02. The molecule has 1 aliphatic heterocycles. The van der Waals surface area contributed by atoms with E-state index in [1.165, 1.54) is 6.33 Å². The first-order chi connectivity index (χ1) is 13.1. The molecule has 1 aromatic heterocycles. The molecule has 2 amide bonds. The third kappa shape index (κ3) is 5.62. The predicted octanol–water partition coefficient (Wildman–Crippen LogP) is 0.644. The van der Waals surface area contributed by atoms with Gasteiger partial charge in [0.1, 0.15) is 12.7 Å². The van der Waals surface area contributed by atoms with Crippen molar-refractivity contribution in [3.8, 4) is 0 Å². The highest BCUT2D eigenvalue weighted by atomic mass is 16.2. The lowest BCUT2D eigenvalue weighted by Crippen LogP contribution is -2.42. The number of rotatable bonds is 8. The minimum Gasteiger partial charge on any atom is -0.369 e. The summed E-state index contributed by atoms with van der Waals surface area (Å²) in [5.41, 5.74) is 7.11. The van der Waals surface area contributed by atoms with Crippen molar-refractivity contribution >= 4 is 11.8 Å². The summed E-state index contributed by atoms with van der Waals surface area (Å²) in [7, 11) is 0. The molecule has 1 aromatic carbocycles. The van der Waals surface area contributed by atoms with Crippen LogP contribution in [-0.4, -0.2) is 57.7 Å². The number of carbonyl (C=O) groups excluding carboxylic acids is 2. The van der Waals surface area contributed by atoms with Gasteiger partial charge < -0.3 is 16.0 Å². The number of carbonyl (C=O) groups is 2. The van der Waals surface area contributed by atoms with Crippen LogP contribution in [0.15, 0.2) is 36.9 Å². The van der Waals surface area contributed by atoms with Gasteiger partial charge in [-0.05, 0) is 50.0 Å². The smallest absolute Gasteiger partial charge is 0.251 e. The van der Waals surface area contributed by atoms with E-state index in [1.807, 2.05) is 24.3 Å². The quantitative estimate of drug-likeness (QED) is 0.664. The molecule has 2 heterocycles. The van der Waals surface area contributed by atoms with E-state index in [4.69, 9.17) is 5.73 Å². The van der Waals surface area contributed by atoms with Crippen LogP contribution in [-0.2, 0) is 11.3 Å². The van der Waals surface area contributed by atoms with Gasteiger partial charge in [0.05, 0.1) is 12.5 Å². The number of aromatic nitrogens is 3. The van der Waals surface area contributed by atoms with Gasteiger partial charge in [-0.1, -0.05) is 12.1 Å². The number of nitrogens with one attached hydrogen (secondary N) is 1. The Morgan fingerprint density at radius 2 is 2.07 bits per heavy atom. The van der Waals surface area contributed by atoms with E-state index in [1.54, 1.807) is 11.0 Å². The second-order valence-corrected chi connectivity index (χ2v) is 6.94. The predicted molar refractivity (Wildman–Crippen MR) is 101 cm³/mol. The van der Waals surface area contributed by atoms with Crippen LogP contribution in [0.5, 0.6) is 0 Å². The van der Waals surface area contributed by atoms with E-state index in [-0.39, 0.29) is 17.7 Å². The Hall–Kier alpha value is -2.74. The van der Waals surface area contributed by atoms with E-state index in [0.29, 0.717) is 18.7 Å². The Morgan fingerprint density at radius 3 is 2.78 bits per heavy atom. The Bertz CT molecular complexity index is 744. The Balaban J connectivity index is 1.38. The summed E-state index contributed by atoms with van der Waals surface area (Å²) >= 11 is 0. The highest BCUT2D eigenvalue weighted by molar-refractivity contribution is 5.94. The van der Waals surface area contributed by atoms with Gasteiger partial charge in [-0.3, -0.25) is 9.59 Å². The summed E-state index contributed by atoms with van der Waals surface area (Å²) in [4.78, 5) is 29.7. The molecule has 1 fully saturated rings. The molecule has 0 radical (unpaired) electrons. The first-order valence-electron chi connectivity index (χ1n) is 9.33. The van der Waals surface area contributed by atoms with Crippen LogP contribution in [0.3, 0.4) is 0 Å². The van der Waals surface area contributed by atoms with E-state index in [0.717, 1.165) is 44.5 Å². The number of piperidine rings is 1. The molecule has 1 saturated heterocycles. The van der Waals surface area contributed by atoms with Gasteiger partial charge in [0.25, 0.3) is 5.91 Å². The average molecular weight is 370 g/mol. The maximum absolute atomic E-state index is 12.3. The van der Waals surface area contributed by atoms with Crippen LogP contribution in [0.4, 0.5) is 0 Å². The van der Waals surface area contributed by atoms with Crippen LogP contribution in [0.25, 0.3) is 0 Å². The Labute approximate surface area is 158 Å². The van der Waals surface area contributed by atoms with Crippen LogP contribution in [0.2, 0.25) is 0 Å². The number of hydrogen-bond acceptors (Lipinski definition) is 5. The van der Waals surface area contributed by atoms with E-state index >= 15 is 0 Å². The van der Waals surface area contributed by atoms with E-state index < -0.39 is 0 Å². The average Bonchev–Trinajstić information content (AvgIpc) is 3.19. The van der Waals surface area contributed by atoms with E-state index in [2.05, 4.69) is 20.3 Å².